The highest BCUT2D eigenvalue weighted by molar-refractivity contribution is 5.73. The summed E-state index contributed by atoms with van der Waals surface area (Å²) in [5.41, 5.74) is 6.89. The Hall–Kier alpha value is -1.71. The average Bonchev–Trinajstić information content (AvgIpc) is 2.72. The lowest BCUT2D eigenvalue weighted by Crippen LogP contribution is -2.24. The fraction of sp³-hybridized carbons (Fsp3) is 0.500. The van der Waals surface area contributed by atoms with E-state index in [4.69, 9.17) is 15.2 Å². The predicted octanol–water partition coefficient (Wildman–Crippen LogP) is 2.08. The molecule has 0 bridgehead atoms. The zero-order chi connectivity index (χ0) is 13.2. The van der Waals surface area contributed by atoms with Crippen molar-refractivity contribution < 1.29 is 9.47 Å². The van der Waals surface area contributed by atoms with Crippen molar-refractivity contribution >= 4 is 6.02 Å². The van der Waals surface area contributed by atoms with Crippen molar-refractivity contribution in [1.29, 1.82) is 0 Å². The molecule has 1 atom stereocenters. The van der Waals surface area contributed by atoms with Gasteiger partial charge in [0.1, 0.15) is 12.4 Å². The van der Waals surface area contributed by atoms with Crippen LogP contribution in [0.1, 0.15) is 26.3 Å². The van der Waals surface area contributed by atoms with Crippen LogP contribution in [0.4, 0.5) is 0 Å². The van der Waals surface area contributed by atoms with Gasteiger partial charge >= 0.3 is 0 Å². The van der Waals surface area contributed by atoms with Crippen LogP contribution < -0.4 is 10.5 Å². The van der Waals surface area contributed by atoms with Gasteiger partial charge in [-0.15, -0.1) is 0 Å². The predicted molar refractivity (Wildman–Crippen MR) is 72.0 cm³/mol. The van der Waals surface area contributed by atoms with Crippen LogP contribution in [0.25, 0.3) is 0 Å². The minimum atomic E-state index is -0.0627. The van der Waals surface area contributed by atoms with Gasteiger partial charge in [-0.05, 0) is 23.1 Å². The van der Waals surface area contributed by atoms with Crippen LogP contribution >= 0.6 is 0 Å². The molecule has 0 saturated carbocycles. The van der Waals surface area contributed by atoms with Crippen LogP contribution in [0, 0.1) is 0 Å². The van der Waals surface area contributed by atoms with Gasteiger partial charge in [-0.25, -0.2) is 4.99 Å². The molecule has 0 fully saturated rings. The van der Waals surface area contributed by atoms with Gasteiger partial charge in [0, 0.05) is 0 Å². The Morgan fingerprint density at radius 1 is 1.33 bits per heavy atom. The van der Waals surface area contributed by atoms with E-state index in [0.717, 1.165) is 5.75 Å². The first kappa shape index (κ1) is 12.7. The van der Waals surface area contributed by atoms with E-state index in [9.17, 15) is 0 Å². The number of hydrogen-bond donors (Lipinski definition) is 1. The molecule has 98 valence electrons. The minimum Gasteiger partial charge on any atom is -0.490 e. The second kappa shape index (κ2) is 4.88. The van der Waals surface area contributed by atoms with E-state index in [2.05, 4.69) is 37.9 Å². The summed E-state index contributed by atoms with van der Waals surface area (Å²) >= 11 is 0. The number of benzene rings is 1. The molecule has 0 saturated heterocycles. The van der Waals surface area contributed by atoms with Crippen LogP contribution in [-0.4, -0.2) is 25.3 Å². The van der Waals surface area contributed by atoms with E-state index in [1.807, 2.05) is 12.1 Å². The number of nitrogens with two attached hydrogens (primary N) is 1. The number of amidine groups is 1. The van der Waals surface area contributed by atoms with Crippen molar-refractivity contribution in [2.45, 2.75) is 32.3 Å². The third kappa shape index (κ3) is 3.15. The summed E-state index contributed by atoms with van der Waals surface area (Å²) in [6, 6.07) is 8.41. The summed E-state index contributed by atoms with van der Waals surface area (Å²) in [6.07, 6.45) is -0.0627. The SMILES string of the molecule is CC(C)(C)c1ccc(OCC2CN=C(N)O2)cc1. The fourth-order valence-electron chi connectivity index (χ4n) is 1.76. The zero-order valence-corrected chi connectivity index (χ0v) is 11.1. The first-order valence-electron chi connectivity index (χ1n) is 6.15. The van der Waals surface area contributed by atoms with Crippen LogP contribution in [0.3, 0.4) is 0 Å². The Labute approximate surface area is 108 Å². The lowest BCUT2D eigenvalue weighted by Gasteiger charge is -2.19. The molecule has 4 heteroatoms. The van der Waals surface area contributed by atoms with E-state index in [0.29, 0.717) is 13.2 Å². The molecule has 1 aromatic rings. The number of hydrogen-bond acceptors (Lipinski definition) is 4. The second-order valence-electron chi connectivity index (χ2n) is 5.50. The van der Waals surface area contributed by atoms with Gasteiger partial charge < -0.3 is 15.2 Å². The number of aliphatic imine (C=N–C) groups is 1. The van der Waals surface area contributed by atoms with E-state index >= 15 is 0 Å². The van der Waals surface area contributed by atoms with E-state index in [1.54, 1.807) is 0 Å². The number of nitrogens with zero attached hydrogens (tertiary/aromatic N) is 1. The highest BCUT2D eigenvalue weighted by Crippen LogP contribution is 2.24. The fourth-order valence-corrected chi connectivity index (χ4v) is 1.76. The number of ether oxygens (including phenoxy) is 2. The summed E-state index contributed by atoms with van der Waals surface area (Å²) in [4.78, 5) is 3.97. The van der Waals surface area contributed by atoms with Crippen molar-refractivity contribution in [3.8, 4) is 5.75 Å². The van der Waals surface area contributed by atoms with E-state index < -0.39 is 0 Å². The van der Waals surface area contributed by atoms with Crippen LogP contribution in [0.5, 0.6) is 5.75 Å². The molecule has 18 heavy (non-hydrogen) atoms. The molecule has 2 rings (SSSR count). The van der Waals surface area contributed by atoms with Crippen molar-refractivity contribution in [3.63, 3.8) is 0 Å². The Balaban J connectivity index is 1.87. The van der Waals surface area contributed by atoms with Gasteiger partial charge in [-0.2, -0.15) is 0 Å². The van der Waals surface area contributed by atoms with Gasteiger partial charge in [0.25, 0.3) is 6.02 Å². The summed E-state index contributed by atoms with van der Waals surface area (Å²) in [6.45, 7) is 7.62. The maximum atomic E-state index is 5.65. The van der Waals surface area contributed by atoms with Gasteiger partial charge in [0.05, 0.1) is 6.54 Å². The molecule has 2 N–H and O–H groups in total. The van der Waals surface area contributed by atoms with Crippen molar-refractivity contribution in [1.82, 2.24) is 0 Å². The van der Waals surface area contributed by atoms with Gasteiger partial charge in [0.15, 0.2) is 6.10 Å². The quantitative estimate of drug-likeness (QED) is 0.891. The molecule has 0 amide bonds. The van der Waals surface area contributed by atoms with Crippen molar-refractivity contribution in [2.24, 2.45) is 10.7 Å². The Morgan fingerprint density at radius 2 is 2.00 bits per heavy atom. The maximum absolute atomic E-state index is 5.65. The number of rotatable bonds is 3. The monoisotopic (exact) mass is 248 g/mol. The largest absolute Gasteiger partial charge is 0.490 e. The summed E-state index contributed by atoms with van der Waals surface area (Å²) in [5, 5.41) is 0. The second-order valence-corrected chi connectivity index (χ2v) is 5.50. The van der Waals surface area contributed by atoms with Gasteiger partial charge in [-0.1, -0.05) is 32.9 Å². The van der Waals surface area contributed by atoms with Crippen LogP contribution in [0.2, 0.25) is 0 Å². The van der Waals surface area contributed by atoms with Crippen molar-refractivity contribution in [3.05, 3.63) is 29.8 Å². The van der Waals surface area contributed by atoms with E-state index in [-0.39, 0.29) is 17.5 Å². The molecule has 0 aromatic heterocycles. The lowest BCUT2D eigenvalue weighted by molar-refractivity contribution is 0.141. The normalized spacial score (nSPS) is 19.3. The first-order chi connectivity index (χ1) is 8.45. The molecule has 1 aliphatic rings. The van der Waals surface area contributed by atoms with E-state index in [1.165, 1.54) is 5.56 Å². The molecular weight excluding hydrogens is 228 g/mol. The topological polar surface area (TPSA) is 56.8 Å². The summed E-state index contributed by atoms with van der Waals surface area (Å²) in [5.74, 6) is 0.845. The third-order valence-corrected chi connectivity index (χ3v) is 2.89. The molecule has 4 nitrogen and oxygen atoms in total. The zero-order valence-electron chi connectivity index (χ0n) is 11.1. The third-order valence-electron chi connectivity index (χ3n) is 2.89. The molecular formula is C14H20N2O2. The molecule has 0 radical (unpaired) electrons. The Morgan fingerprint density at radius 3 is 2.50 bits per heavy atom. The maximum Gasteiger partial charge on any atom is 0.282 e. The molecule has 0 aliphatic carbocycles. The molecule has 0 spiro atoms. The average molecular weight is 248 g/mol. The highest BCUT2D eigenvalue weighted by Gasteiger charge is 2.18. The smallest absolute Gasteiger partial charge is 0.282 e. The highest BCUT2D eigenvalue weighted by atomic mass is 16.5. The molecule has 1 heterocycles. The Bertz CT molecular complexity index is 432. The van der Waals surface area contributed by atoms with Crippen LogP contribution in [0.15, 0.2) is 29.3 Å². The lowest BCUT2D eigenvalue weighted by atomic mass is 9.87. The first-order valence-corrected chi connectivity index (χ1v) is 6.15. The Kier molecular flexibility index (Phi) is 3.45. The van der Waals surface area contributed by atoms with Gasteiger partial charge in [0.2, 0.25) is 0 Å². The molecule has 1 unspecified atom stereocenters. The standard InChI is InChI=1S/C14H20N2O2/c1-14(2,3)10-4-6-11(7-5-10)17-9-12-8-16-13(15)18-12/h4-7,12H,8-9H2,1-3H3,(H2,15,16). The summed E-state index contributed by atoms with van der Waals surface area (Å²) in [7, 11) is 0. The van der Waals surface area contributed by atoms with Crippen molar-refractivity contribution in [2.75, 3.05) is 13.2 Å². The molecule has 1 aliphatic heterocycles. The minimum absolute atomic E-state index is 0.0627. The summed E-state index contributed by atoms with van der Waals surface area (Å²) < 4.78 is 10.9. The van der Waals surface area contributed by atoms with Crippen LogP contribution in [-0.2, 0) is 10.2 Å². The van der Waals surface area contributed by atoms with Gasteiger partial charge in [-0.3, -0.25) is 0 Å². The molecule has 1 aromatic carbocycles.